The minimum Gasteiger partial charge on any atom is -0.490 e. The summed E-state index contributed by atoms with van der Waals surface area (Å²) in [4.78, 5) is 0. The van der Waals surface area contributed by atoms with Gasteiger partial charge in [-0.05, 0) is 31.9 Å². The number of ether oxygens (including phenoxy) is 1. The van der Waals surface area contributed by atoms with E-state index in [2.05, 4.69) is 6.07 Å². The van der Waals surface area contributed by atoms with Crippen LogP contribution < -0.4 is 10.5 Å². The predicted molar refractivity (Wildman–Crippen MR) is 64.3 cm³/mol. The number of benzene rings is 1. The molecule has 0 aliphatic heterocycles. The van der Waals surface area contributed by atoms with Crippen molar-refractivity contribution in [1.29, 1.82) is 5.26 Å². The first-order valence-corrected chi connectivity index (χ1v) is 5.41. The number of aryl methyl sites for hydroxylation is 1. The van der Waals surface area contributed by atoms with Crippen LogP contribution in [0.25, 0.3) is 0 Å². The number of nitrogens with two attached hydrogens (primary N) is 1. The molecular weight excluding hydrogens is 200 g/mol. The first-order valence-electron chi connectivity index (χ1n) is 5.41. The van der Waals surface area contributed by atoms with E-state index in [1.54, 1.807) is 6.07 Å². The molecule has 2 N–H and O–H groups in total. The number of para-hydroxylation sites is 1. The largest absolute Gasteiger partial charge is 0.490 e. The third kappa shape index (κ3) is 2.98. The zero-order valence-corrected chi connectivity index (χ0v) is 10.1. The van der Waals surface area contributed by atoms with E-state index in [-0.39, 0.29) is 5.54 Å². The van der Waals surface area contributed by atoms with E-state index in [9.17, 15) is 0 Å². The maximum Gasteiger partial charge on any atom is 0.140 e. The van der Waals surface area contributed by atoms with Gasteiger partial charge in [-0.3, -0.25) is 0 Å². The standard InChI is InChI=1S/C13H18N2O/c1-4-13(3,15)9-16-12-10(2)6-5-7-11(12)8-14/h5-7H,4,9,15H2,1-3H3. The van der Waals surface area contributed by atoms with E-state index in [1.807, 2.05) is 32.9 Å². The Labute approximate surface area is 96.8 Å². The van der Waals surface area contributed by atoms with Gasteiger partial charge in [-0.2, -0.15) is 5.26 Å². The first-order chi connectivity index (χ1) is 7.50. The fourth-order valence-corrected chi connectivity index (χ4v) is 1.27. The van der Waals surface area contributed by atoms with E-state index in [4.69, 9.17) is 15.7 Å². The molecule has 3 nitrogen and oxygen atoms in total. The van der Waals surface area contributed by atoms with E-state index >= 15 is 0 Å². The van der Waals surface area contributed by atoms with Crippen LogP contribution in [0.4, 0.5) is 0 Å². The summed E-state index contributed by atoms with van der Waals surface area (Å²) in [5.41, 5.74) is 7.17. The second-order valence-corrected chi connectivity index (χ2v) is 4.36. The fraction of sp³-hybridized carbons (Fsp3) is 0.462. The van der Waals surface area contributed by atoms with Crippen molar-refractivity contribution in [2.75, 3.05) is 6.61 Å². The van der Waals surface area contributed by atoms with Crippen molar-refractivity contribution in [2.24, 2.45) is 5.73 Å². The van der Waals surface area contributed by atoms with E-state index in [0.29, 0.717) is 17.9 Å². The van der Waals surface area contributed by atoms with E-state index < -0.39 is 0 Å². The van der Waals surface area contributed by atoms with E-state index in [0.717, 1.165) is 12.0 Å². The average Bonchev–Trinajstić information content (AvgIpc) is 2.27. The van der Waals surface area contributed by atoms with Crippen molar-refractivity contribution >= 4 is 0 Å². The highest BCUT2D eigenvalue weighted by Gasteiger charge is 2.18. The Hall–Kier alpha value is -1.53. The van der Waals surface area contributed by atoms with Gasteiger partial charge in [0, 0.05) is 5.54 Å². The van der Waals surface area contributed by atoms with Gasteiger partial charge in [-0.15, -0.1) is 0 Å². The monoisotopic (exact) mass is 218 g/mol. The van der Waals surface area contributed by atoms with E-state index in [1.165, 1.54) is 0 Å². The molecule has 1 rings (SSSR count). The molecule has 0 saturated heterocycles. The average molecular weight is 218 g/mol. The Balaban J connectivity index is 2.86. The Morgan fingerprint density at radius 1 is 1.50 bits per heavy atom. The van der Waals surface area contributed by atoms with Gasteiger partial charge in [0.05, 0.1) is 5.56 Å². The normalized spacial score (nSPS) is 13.9. The van der Waals surface area contributed by atoms with Crippen LogP contribution in [0.3, 0.4) is 0 Å². The maximum absolute atomic E-state index is 8.97. The van der Waals surface area contributed by atoms with Crippen LogP contribution in [-0.4, -0.2) is 12.1 Å². The summed E-state index contributed by atoms with van der Waals surface area (Å²) in [6.45, 7) is 6.31. The lowest BCUT2D eigenvalue weighted by molar-refractivity contribution is 0.224. The summed E-state index contributed by atoms with van der Waals surface area (Å²) in [7, 11) is 0. The summed E-state index contributed by atoms with van der Waals surface area (Å²) < 4.78 is 5.67. The van der Waals surface area contributed by atoms with Gasteiger partial charge in [-0.1, -0.05) is 19.1 Å². The van der Waals surface area contributed by atoms with Crippen LogP contribution in [0.2, 0.25) is 0 Å². The molecule has 0 aliphatic carbocycles. The molecule has 0 bridgehead atoms. The summed E-state index contributed by atoms with van der Waals surface area (Å²) in [6.07, 6.45) is 0.834. The molecule has 0 heterocycles. The molecule has 3 heteroatoms. The number of hydrogen-bond acceptors (Lipinski definition) is 3. The second kappa shape index (κ2) is 5.00. The maximum atomic E-state index is 8.97. The molecule has 1 atom stereocenters. The highest BCUT2D eigenvalue weighted by atomic mass is 16.5. The minimum atomic E-state index is -0.352. The van der Waals surface area contributed by atoms with Crippen molar-refractivity contribution in [1.82, 2.24) is 0 Å². The number of rotatable bonds is 4. The fourth-order valence-electron chi connectivity index (χ4n) is 1.27. The van der Waals surface area contributed by atoms with Crippen LogP contribution in [-0.2, 0) is 0 Å². The highest BCUT2D eigenvalue weighted by Crippen LogP contribution is 2.23. The van der Waals surface area contributed by atoms with Gasteiger partial charge in [0.2, 0.25) is 0 Å². The quantitative estimate of drug-likeness (QED) is 0.844. The first kappa shape index (κ1) is 12.5. The van der Waals surface area contributed by atoms with Crippen LogP contribution >= 0.6 is 0 Å². The molecule has 16 heavy (non-hydrogen) atoms. The SMILES string of the molecule is CCC(C)(N)COc1c(C)cccc1C#N. The van der Waals surface area contributed by atoms with Crippen molar-refractivity contribution in [2.45, 2.75) is 32.7 Å². The molecule has 86 valence electrons. The van der Waals surface area contributed by atoms with Gasteiger partial charge in [0.1, 0.15) is 18.4 Å². The third-order valence-corrected chi connectivity index (χ3v) is 2.69. The summed E-state index contributed by atoms with van der Waals surface area (Å²) in [5, 5.41) is 8.97. The van der Waals surface area contributed by atoms with Crippen molar-refractivity contribution in [3.63, 3.8) is 0 Å². The minimum absolute atomic E-state index is 0.352. The molecule has 1 unspecified atom stereocenters. The second-order valence-electron chi connectivity index (χ2n) is 4.36. The van der Waals surface area contributed by atoms with Crippen molar-refractivity contribution in [3.05, 3.63) is 29.3 Å². The number of nitrogens with zero attached hydrogens (tertiary/aromatic N) is 1. The van der Waals surface area contributed by atoms with Gasteiger partial charge in [0.25, 0.3) is 0 Å². The van der Waals surface area contributed by atoms with Gasteiger partial charge < -0.3 is 10.5 Å². The highest BCUT2D eigenvalue weighted by molar-refractivity contribution is 5.47. The molecule has 0 spiro atoms. The molecular formula is C13H18N2O. The lowest BCUT2D eigenvalue weighted by Crippen LogP contribution is -2.41. The van der Waals surface area contributed by atoms with Crippen LogP contribution in [0, 0.1) is 18.3 Å². The van der Waals surface area contributed by atoms with Gasteiger partial charge in [-0.25, -0.2) is 0 Å². The Morgan fingerprint density at radius 2 is 2.19 bits per heavy atom. The molecule has 0 amide bonds. The Morgan fingerprint density at radius 3 is 2.75 bits per heavy atom. The molecule has 0 saturated carbocycles. The molecule has 0 aromatic heterocycles. The summed E-state index contributed by atoms with van der Waals surface area (Å²) >= 11 is 0. The zero-order chi connectivity index (χ0) is 12.2. The number of nitriles is 1. The van der Waals surface area contributed by atoms with Gasteiger partial charge >= 0.3 is 0 Å². The molecule has 0 radical (unpaired) electrons. The van der Waals surface area contributed by atoms with Crippen LogP contribution in [0.15, 0.2) is 18.2 Å². The molecule has 1 aromatic carbocycles. The summed E-state index contributed by atoms with van der Waals surface area (Å²) in [6, 6.07) is 7.65. The lowest BCUT2D eigenvalue weighted by Gasteiger charge is -2.23. The molecule has 0 aliphatic rings. The Kier molecular flexibility index (Phi) is 3.92. The lowest BCUT2D eigenvalue weighted by atomic mass is 10.0. The van der Waals surface area contributed by atoms with Crippen molar-refractivity contribution in [3.8, 4) is 11.8 Å². The van der Waals surface area contributed by atoms with Crippen molar-refractivity contribution < 1.29 is 4.74 Å². The topological polar surface area (TPSA) is 59.0 Å². The third-order valence-electron chi connectivity index (χ3n) is 2.69. The smallest absolute Gasteiger partial charge is 0.140 e. The Bertz CT molecular complexity index is 405. The predicted octanol–water partition coefficient (Wildman–Crippen LogP) is 2.37. The summed E-state index contributed by atoms with van der Waals surface area (Å²) in [5.74, 6) is 0.648. The zero-order valence-electron chi connectivity index (χ0n) is 10.1. The molecule has 1 aromatic rings. The van der Waals surface area contributed by atoms with Crippen LogP contribution in [0.1, 0.15) is 31.4 Å². The van der Waals surface area contributed by atoms with Gasteiger partial charge in [0.15, 0.2) is 0 Å². The van der Waals surface area contributed by atoms with Crippen LogP contribution in [0.5, 0.6) is 5.75 Å². The number of hydrogen-bond donors (Lipinski definition) is 1. The molecule has 0 fully saturated rings.